The molecule has 0 spiro atoms. The fraction of sp³-hybridized carbons (Fsp3) is 0.400. The number of para-hydroxylation sites is 2. The van der Waals surface area contributed by atoms with Crippen molar-refractivity contribution >= 4 is 16.8 Å². The Hall–Kier alpha value is -2.95. The zero-order chi connectivity index (χ0) is 21.8. The largest absolute Gasteiger partial charge is 0.333 e. The summed E-state index contributed by atoms with van der Waals surface area (Å²) in [6.45, 7) is 10.7. The minimum absolute atomic E-state index is 0.0742. The third kappa shape index (κ3) is 4.45. The third-order valence-corrected chi connectivity index (χ3v) is 5.38. The van der Waals surface area contributed by atoms with E-state index in [1.54, 1.807) is 10.6 Å². The summed E-state index contributed by atoms with van der Waals surface area (Å²) in [6.07, 6.45) is 0.895. The van der Waals surface area contributed by atoms with Gasteiger partial charge in [0.2, 0.25) is 5.91 Å². The second-order valence-corrected chi connectivity index (χ2v) is 8.51. The van der Waals surface area contributed by atoms with E-state index in [1.165, 1.54) is 0 Å². The molecule has 1 unspecified atom stereocenters. The van der Waals surface area contributed by atoms with Crippen LogP contribution in [-0.2, 0) is 4.79 Å². The average molecular weight is 406 g/mol. The second-order valence-electron chi connectivity index (χ2n) is 8.51. The molecule has 1 heterocycles. The number of fused-ring (bicyclic) bond motifs is 1. The van der Waals surface area contributed by atoms with Crippen molar-refractivity contribution in [1.82, 2.24) is 14.5 Å². The van der Waals surface area contributed by atoms with Crippen molar-refractivity contribution in [3.05, 3.63) is 70.8 Å². The summed E-state index contributed by atoms with van der Waals surface area (Å²) in [5, 5.41) is 0.571. The van der Waals surface area contributed by atoms with Gasteiger partial charge in [0.25, 0.3) is 5.56 Å². The predicted octanol–water partition coefficient (Wildman–Crippen LogP) is 4.98. The molecule has 3 rings (SSSR count). The van der Waals surface area contributed by atoms with Crippen LogP contribution in [0.25, 0.3) is 16.6 Å². The van der Waals surface area contributed by atoms with E-state index in [4.69, 9.17) is 4.98 Å². The number of hydrogen-bond donors (Lipinski definition) is 0. The molecule has 1 aromatic heterocycles. The van der Waals surface area contributed by atoms with E-state index in [1.807, 2.05) is 74.2 Å². The molecule has 0 saturated carbocycles. The monoisotopic (exact) mass is 405 g/mol. The Morgan fingerprint density at radius 1 is 0.967 bits per heavy atom. The van der Waals surface area contributed by atoms with Crippen LogP contribution in [-0.4, -0.2) is 26.9 Å². The smallest absolute Gasteiger partial charge is 0.266 e. The molecule has 3 aromatic rings. The number of benzene rings is 2. The number of nitrogens with zero attached hydrogens (tertiary/aromatic N) is 3. The van der Waals surface area contributed by atoms with Crippen LogP contribution in [0, 0.1) is 11.8 Å². The number of amides is 1. The molecule has 0 radical (unpaired) electrons. The van der Waals surface area contributed by atoms with E-state index in [0.29, 0.717) is 29.2 Å². The van der Waals surface area contributed by atoms with E-state index in [2.05, 4.69) is 13.8 Å². The van der Waals surface area contributed by atoms with E-state index >= 15 is 0 Å². The summed E-state index contributed by atoms with van der Waals surface area (Å²) in [5.74, 6) is 1.00. The minimum Gasteiger partial charge on any atom is -0.333 e. The quantitative estimate of drug-likeness (QED) is 0.557. The molecule has 1 atom stereocenters. The Bertz CT molecular complexity index is 1070. The normalized spacial score (nSPS) is 12.5. The second kappa shape index (κ2) is 9.24. The lowest BCUT2D eigenvalue weighted by Gasteiger charge is -2.32. The first-order valence-corrected chi connectivity index (χ1v) is 10.7. The standard InChI is InChI=1S/C25H31N3O2/c1-17(2)15-16-27(24(29)18(3)4)19(5)23-26-22-14-10-9-13-21(22)25(30)28(23)20-11-7-6-8-12-20/h6-14,17-19H,15-16H2,1-5H3. The van der Waals surface area contributed by atoms with Crippen molar-refractivity contribution in [3.8, 4) is 5.69 Å². The average Bonchev–Trinajstić information content (AvgIpc) is 2.73. The molecule has 30 heavy (non-hydrogen) atoms. The predicted molar refractivity (Wildman–Crippen MR) is 122 cm³/mol. The van der Waals surface area contributed by atoms with Crippen molar-refractivity contribution < 1.29 is 4.79 Å². The topological polar surface area (TPSA) is 55.2 Å². The molecule has 1 amide bonds. The molecule has 2 aromatic carbocycles. The molecular weight excluding hydrogens is 374 g/mol. The molecule has 0 aliphatic heterocycles. The van der Waals surface area contributed by atoms with Crippen LogP contribution in [0.5, 0.6) is 0 Å². The van der Waals surface area contributed by atoms with Crippen LogP contribution >= 0.6 is 0 Å². The first-order chi connectivity index (χ1) is 14.3. The van der Waals surface area contributed by atoms with Gasteiger partial charge in [0, 0.05) is 12.5 Å². The van der Waals surface area contributed by atoms with Crippen molar-refractivity contribution in [2.24, 2.45) is 11.8 Å². The maximum Gasteiger partial charge on any atom is 0.266 e. The zero-order valence-electron chi connectivity index (χ0n) is 18.5. The van der Waals surface area contributed by atoms with Gasteiger partial charge < -0.3 is 4.90 Å². The molecule has 0 N–H and O–H groups in total. The Morgan fingerprint density at radius 3 is 2.23 bits per heavy atom. The van der Waals surface area contributed by atoms with Crippen LogP contribution in [0.15, 0.2) is 59.4 Å². The molecule has 0 fully saturated rings. The highest BCUT2D eigenvalue weighted by Gasteiger charge is 2.28. The van der Waals surface area contributed by atoms with Crippen LogP contribution in [0.4, 0.5) is 0 Å². The molecule has 0 bridgehead atoms. The van der Waals surface area contributed by atoms with E-state index in [9.17, 15) is 9.59 Å². The SMILES string of the molecule is CC(C)CCN(C(=O)C(C)C)C(C)c1nc2ccccc2c(=O)n1-c1ccccc1. The molecule has 5 nitrogen and oxygen atoms in total. The lowest BCUT2D eigenvalue weighted by atomic mass is 10.1. The lowest BCUT2D eigenvalue weighted by molar-refractivity contribution is -0.137. The van der Waals surface area contributed by atoms with Crippen molar-refractivity contribution in [1.29, 1.82) is 0 Å². The molecule has 5 heteroatoms. The first-order valence-electron chi connectivity index (χ1n) is 10.7. The maximum absolute atomic E-state index is 13.5. The lowest BCUT2D eigenvalue weighted by Crippen LogP contribution is -2.40. The van der Waals surface area contributed by atoms with Crippen molar-refractivity contribution in [2.45, 2.75) is 47.1 Å². The van der Waals surface area contributed by atoms with Gasteiger partial charge >= 0.3 is 0 Å². The zero-order valence-corrected chi connectivity index (χ0v) is 18.5. The summed E-state index contributed by atoms with van der Waals surface area (Å²) in [4.78, 5) is 33.3. The Kier molecular flexibility index (Phi) is 6.70. The van der Waals surface area contributed by atoms with Gasteiger partial charge in [0.15, 0.2) is 0 Å². The first kappa shape index (κ1) is 21.8. The number of carbonyl (C=O) groups is 1. The van der Waals surface area contributed by atoms with Crippen LogP contribution in [0.1, 0.15) is 52.9 Å². The maximum atomic E-state index is 13.5. The van der Waals surface area contributed by atoms with E-state index in [0.717, 1.165) is 12.1 Å². The van der Waals surface area contributed by atoms with E-state index in [-0.39, 0.29) is 23.4 Å². The fourth-order valence-corrected chi connectivity index (χ4v) is 3.62. The molecule has 158 valence electrons. The van der Waals surface area contributed by atoms with Gasteiger partial charge in [-0.15, -0.1) is 0 Å². The van der Waals surface area contributed by atoms with Gasteiger partial charge in [-0.05, 0) is 43.5 Å². The van der Waals surface area contributed by atoms with Gasteiger partial charge in [0.1, 0.15) is 5.82 Å². The fourth-order valence-electron chi connectivity index (χ4n) is 3.62. The number of rotatable bonds is 7. The molecular formula is C25H31N3O2. The number of aromatic nitrogens is 2. The van der Waals surface area contributed by atoms with Gasteiger partial charge in [-0.3, -0.25) is 14.2 Å². The highest BCUT2D eigenvalue weighted by molar-refractivity contribution is 5.79. The summed E-state index contributed by atoms with van der Waals surface area (Å²) < 4.78 is 1.66. The Morgan fingerprint density at radius 2 is 1.60 bits per heavy atom. The van der Waals surface area contributed by atoms with Crippen molar-refractivity contribution in [3.63, 3.8) is 0 Å². The van der Waals surface area contributed by atoms with Gasteiger partial charge in [-0.1, -0.05) is 58.0 Å². The van der Waals surface area contributed by atoms with Gasteiger partial charge in [-0.2, -0.15) is 0 Å². The van der Waals surface area contributed by atoms with Crippen LogP contribution in [0.3, 0.4) is 0 Å². The van der Waals surface area contributed by atoms with Crippen molar-refractivity contribution in [2.75, 3.05) is 6.54 Å². The summed E-state index contributed by atoms with van der Waals surface area (Å²) >= 11 is 0. The number of hydrogen-bond acceptors (Lipinski definition) is 3. The Labute approximate surface area is 178 Å². The van der Waals surface area contributed by atoms with E-state index < -0.39 is 0 Å². The number of carbonyl (C=O) groups excluding carboxylic acids is 1. The summed E-state index contributed by atoms with van der Waals surface area (Å²) in [7, 11) is 0. The third-order valence-electron chi connectivity index (χ3n) is 5.38. The van der Waals surface area contributed by atoms with Crippen LogP contribution in [0.2, 0.25) is 0 Å². The highest BCUT2D eigenvalue weighted by Crippen LogP contribution is 2.25. The highest BCUT2D eigenvalue weighted by atomic mass is 16.2. The summed E-state index contributed by atoms with van der Waals surface area (Å²) in [6, 6.07) is 16.6. The van der Waals surface area contributed by atoms with Crippen LogP contribution < -0.4 is 5.56 Å². The minimum atomic E-state index is -0.337. The Balaban J connectivity index is 2.21. The molecule has 0 aliphatic rings. The molecule has 0 aliphatic carbocycles. The van der Waals surface area contributed by atoms with Gasteiger partial charge in [0.05, 0.1) is 22.6 Å². The summed E-state index contributed by atoms with van der Waals surface area (Å²) in [5.41, 5.74) is 1.29. The van der Waals surface area contributed by atoms with Gasteiger partial charge in [-0.25, -0.2) is 4.98 Å². The molecule has 0 saturated heterocycles.